The molecule has 0 spiro atoms. The first kappa shape index (κ1) is 16.4. The summed E-state index contributed by atoms with van der Waals surface area (Å²) in [6.07, 6.45) is 0. The molecule has 0 unspecified atom stereocenters. The number of hydrogen-bond donors (Lipinski definition) is 2. The highest BCUT2D eigenvalue weighted by Gasteiger charge is 2.25. The van der Waals surface area contributed by atoms with Gasteiger partial charge in [-0.15, -0.1) is 0 Å². The van der Waals surface area contributed by atoms with Gasteiger partial charge in [-0.25, -0.2) is 4.79 Å². The summed E-state index contributed by atoms with van der Waals surface area (Å²) in [7, 11) is 0. The Hall–Kier alpha value is -3.12. The molecule has 0 radical (unpaired) electrons. The molecule has 0 atom stereocenters. The Kier molecular flexibility index (Phi) is 3.77. The molecule has 1 amide bonds. The van der Waals surface area contributed by atoms with Crippen LogP contribution in [0.4, 0.5) is 4.79 Å². The highest BCUT2D eigenvalue weighted by Crippen LogP contribution is 2.43. The van der Waals surface area contributed by atoms with Gasteiger partial charge in [0.05, 0.1) is 16.9 Å². The number of nitrogens with two attached hydrogens (primary N) is 1. The summed E-state index contributed by atoms with van der Waals surface area (Å²) in [6.45, 7) is 3.92. The van der Waals surface area contributed by atoms with Crippen molar-refractivity contribution in [3.05, 3.63) is 59.1 Å². The lowest BCUT2D eigenvalue weighted by molar-refractivity contribution is 0.251. The van der Waals surface area contributed by atoms with E-state index in [1.54, 1.807) is 16.7 Å². The Morgan fingerprint density at radius 1 is 1.08 bits per heavy atom. The molecule has 26 heavy (non-hydrogen) atoms. The molecule has 0 aliphatic heterocycles. The number of rotatable bonds is 2. The molecule has 6 heteroatoms. The average molecular weight is 363 g/mol. The summed E-state index contributed by atoms with van der Waals surface area (Å²) in [4.78, 5) is 13.4. The van der Waals surface area contributed by atoms with Gasteiger partial charge >= 0.3 is 6.03 Å². The van der Waals surface area contributed by atoms with Gasteiger partial charge in [0, 0.05) is 21.4 Å². The molecular weight excluding hydrogens is 346 g/mol. The van der Waals surface area contributed by atoms with Crippen LogP contribution in [-0.2, 0) is 0 Å². The van der Waals surface area contributed by atoms with Crippen LogP contribution >= 0.6 is 11.5 Å². The number of phenols is 1. The largest absolute Gasteiger partial charge is 0.508 e. The minimum Gasteiger partial charge on any atom is -0.508 e. The molecule has 2 heterocycles. The number of hydrogen-bond acceptors (Lipinski definition) is 4. The summed E-state index contributed by atoms with van der Waals surface area (Å²) in [6, 6.07) is 14.1. The Labute approximate surface area is 154 Å². The van der Waals surface area contributed by atoms with E-state index in [9.17, 15) is 9.90 Å². The van der Waals surface area contributed by atoms with Crippen molar-refractivity contribution >= 4 is 28.5 Å². The molecule has 0 bridgehead atoms. The second-order valence-electron chi connectivity index (χ2n) is 6.16. The first-order valence-electron chi connectivity index (χ1n) is 8.15. The van der Waals surface area contributed by atoms with Crippen LogP contribution in [0.25, 0.3) is 33.3 Å². The second-order valence-corrected chi connectivity index (χ2v) is 7.14. The maximum absolute atomic E-state index is 12.4. The fraction of sp³-hybridized carbons (Fsp3) is 0.100. The Morgan fingerprint density at radius 2 is 1.77 bits per heavy atom. The number of amides is 1. The van der Waals surface area contributed by atoms with E-state index in [2.05, 4.69) is 4.37 Å². The van der Waals surface area contributed by atoms with E-state index in [-0.39, 0.29) is 5.75 Å². The van der Waals surface area contributed by atoms with Gasteiger partial charge in [-0.1, -0.05) is 30.3 Å². The zero-order chi connectivity index (χ0) is 18.4. The number of aromatic nitrogens is 2. The third-order valence-corrected chi connectivity index (χ3v) is 5.36. The highest BCUT2D eigenvalue weighted by atomic mass is 32.1. The summed E-state index contributed by atoms with van der Waals surface area (Å²) in [5.41, 5.74) is 10.9. The van der Waals surface area contributed by atoms with E-state index in [1.807, 2.05) is 50.2 Å². The van der Waals surface area contributed by atoms with Gasteiger partial charge in [-0.3, -0.25) is 4.57 Å². The lowest BCUT2D eigenvalue weighted by atomic mass is 9.97. The van der Waals surface area contributed by atoms with E-state index in [4.69, 9.17) is 5.73 Å². The summed E-state index contributed by atoms with van der Waals surface area (Å²) in [5.74, 6) is 0.193. The minimum absolute atomic E-state index is 0.193. The molecule has 2 aromatic heterocycles. The van der Waals surface area contributed by atoms with Crippen molar-refractivity contribution in [1.29, 1.82) is 0 Å². The molecule has 5 nitrogen and oxygen atoms in total. The molecule has 0 saturated carbocycles. The molecule has 0 saturated heterocycles. The van der Waals surface area contributed by atoms with Gasteiger partial charge in [0.25, 0.3) is 0 Å². The predicted octanol–water partition coefficient (Wildman–Crippen LogP) is 4.68. The van der Waals surface area contributed by atoms with Crippen molar-refractivity contribution in [2.75, 3.05) is 0 Å². The predicted molar refractivity (Wildman–Crippen MR) is 105 cm³/mol. The molecule has 2 aromatic carbocycles. The van der Waals surface area contributed by atoms with Crippen LogP contribution in [0.15, 0.2) is 48.5 Å². The fourth-order valence-electron chi connectivity index (χ4n) is 3.45. The zero-order valence-corrected chi connectivity index (χ0v) is 15.2. The van der Waals surface area contributed by atoms with E-state index in [0.29, 0.717) is 0 Å². The van der Waals surface area contributed by atoms with E-state index in [0.717, 1.165) is 43.9 Å². The number of benzene rings is 2. The summed E-state index contributed by atoms with van der Waals surface area (Å²) >= 11 is 1.41. The minimum atomic E-state index is -0.536. The fourth-order valence-corrected chi connectivity index (χ4v) is 4.15. The number of carbonyl (C=O) groups excluding carboxylic acids is 1. The molecule has 0 aliphatic rings. The van der Waals surface area contributed by atoms with Crippen molar-refractivity contribution in [1.82, 2.24) is 8.94 Å². The molecule has 0 aliphatic carbocycles. The van der Waals surface area contributed by atoms with Crippen LogP contribution in [0.3, 0.4) is 0 Å². The van der Waals surface area contributed by atoms with Crippen molar-refractivity contribution in [3.8, 4) is 28.1 Å². The van der Waals surface area contributed by atoms with Gasteiger partial charge in [-0.2, -0.15) is 4.37 Å². The lowest BCUT2D eigenvalue weighted by Gasteiger charge is -2.10. The number of aromatic hydroxyl groups is 1. The number of para-hydroxylation sites is 1. The van der Waals surface area contributed by atoms with Crippen LogP contribution in [0.2, 0.25) is 0 Å². The number of fused-ring (bicyclic) bond motifs is 1. The van der Waals surface area contributed by atoms with E-state index in [1.165, 1.54) is 11.5 Å². The molecule has 130 valence electrons. The van der Waals surface area contributed by atoms with Crippen LogP contribution < -0.4 is 5.73 Å². The normalized spacial score (nSPS) is 11.2. The van der Waals surface area contributed by atoms with Crippen LogP contribution in [0.5, 0.6) is 5.75 Å². The van der Waals surface area contributed by atoms with E-state index >= 15 is 0 Å². The van der Waals surface area contributed by atoms with Crippen LogP contribution in [0, 0.1) is 13.8 Å². The van der Waals surface area contributed by atoms with Crippen molar-refractivity contribution in [2.45, 2.75) is 13.8 Å². The number of aryl methyl sites for hydroxylation is 2. The number of carbonyl (C=O) groups is 1. The number of primary amides is 1. The molecule has 4 aromatic rings. The maximum Gasteiger partial charge on any atom is 0.323 e. The van der Waals surface area contributed by atoms with Gasteiger partial charge in [0.1, 0.15) is 5.75 Å². The van der Waals surface area contributed by atoms with Gasteiger partial charge in [0.2, 0.25) is 0 Å². The van der Waals surface area contributed by atoms with Crippen LogP contribution in [-0.4, -0.2) is 20.1 Å². The Bertz CT molecular complexity index is 1120. The van der Waals surface area contributed by atoms with Gasteiger partial charge < -0.3 is 10.8 Å². The Morgan fingerprint density at radius 3 is 2.38 bits per heavy atom. The van der Waals surface area contributed by atoms with Crippen molar-refractivity contribution in [2.24, 2.45) is 5.73 Å². The topological polar surface area (TPSA) is 81.1 Å². The molecule has 3 N–H and O–H groups in total. The molecule has 4 rings (SSSR count). The van der Waals surface area contributed by atoms with Crippen molar-refractivity contribution in [3.63, 3.8) is 0 Å². The van der Waals surface area contributed by atoms with Gasteiger partial charge in [0.15, 0.2) is 0 Å². The van der Waals surface area contributed by atoms with Crippen LogP contribution in [0.1, 0.15) is 10.6 Å². The zero-order valence-electron chi connectivity index (χ0n) is 14.4. The number of phenolic OH excluding ortho intramolecular Hbond substituents is 1. The number of nitrogens with zero attached hydrogens (tertiary/aromatic N) is 2. The Balaban J connectivity index is 2.21. The summed E-state index contributed by atoms with van der Waals surface area (Å²) < 4.78 is 6.01. The monoisotopic (exact) mass is 363 g/mol. The lowest BCUT2D eigenvalue weighted by Crippen LogP contribution is -2.20. The SMILES string of the molecule is Cc1nsc(C)c1-c1c(-c2ccc(O)cc2)c2ccccc2n1C(N)=O. The average Bonchev–Trinajstić information content (AvgIpc) is 3.12. The first-order chi connectivity index (χ1) is 12.5. The first-order valence-corrected chi connectivity index (χ1v) is 8.92. The van der Waals surface area contributed by atoms with Gasteiger partial charge in [-0.05, 0) is 49.1 Å². The quantitative estimate of drug-likeness (QED) is 0.542. The third kappa shape index (κ3) is 2.38. The maximum atomic E-state index is 12.4. The standard InChI is InChI=1S/C20H17N3O2S/c1-11-17(12(2)26-22-11)19-18(13-7-9-14(24)10-8-13)15-5-3-4-6-16(15)23(19)20(21)25/h3-10,24H,1-2H3,(H2,21,25). The third-order valence-electron chi connectivity index (χ3n) is 4.52. The second kappa shape index (κ2) is 6.00. The highest BCUT2D eigenvalue weighted by molar-refractivity contribution is 7.06. The summed E-state index contributed by atoms with van der Waals surface area (Å²) in [5, 5.41) is 10.6. The molecule has 0 fully saturated rings. The smallest absolute Gasteiger partial charge is 0.323 e. The van der Waals surface area contributed by atoms with Crippen molar-refractivity contribution < 1.29 is 9.90 Å². The molecular formula is C20H17N3O2S. The van der Waals surface area contributed by atoms with E-state index < -0.39 is 6.03 Å².